The molecule has 0 saturated heterocycles. The van der Waals surface area contributed by atoms with E-state index in [4.69, 9.17) is 4.99 Å². The molecule has 2 heteroatoms. The van der Waals surface area contributed by atoms with Crippen molar-refractivity contribution in [2.75, 3.05) is 0 Å². The fourth-order valence-electron chi connectivity index (χ4n) is 3.25. The van der Waals surface area contributed by atoms with Crippen molar-refractivity contribution in [3.8, 4) is 0 Å². The van der Waals surface area contributed by atoms with E-state index in [0.717, 1.165) is 24.9 Å². The first-order chi connectivity index (χ1) is 8.88. The molecule has 18 heavy (non-hydrogen) atoms. The largest absolute Gasteiger partial charge is 0.269 e. The molecule has 0 amide bonds. The van der Waals surface area contributed by atoms with E-state index in [1.54, 1.807) is 0 Å². The zero-order valence-corrected chi connectivity index (χ0v) is 10.1. The Balaban J connectivity index is 1.98. The third kappa shape index (κ3) is 1.23. The van der Waals surface area contributed by atoms with Gasteiger partial charge in [0.15, 0.2) is 0 Å². The zero-order chi connectivity index (χ0) is 12.0. The molecule has 88 valence electrons. The van der Waals surface area contributed by atoms with E-state index in [0.29, 0.717) is 0 Å². The lowest BCUT2D eigenvalue weighted by atomic mass is 9.68. The lowest BCUT2D eigenvalue weighted by Crippen LogP contribution is -2.35. The summed E-state index contributed by atoms with van der Waals surface area (Å²) >= 11 is 0. The Kier molecular flexibility index (Phi) is 1.95. The number of benzene rings is 1. The number of hydrogen-bond donors (Lipinski definition) is 0. The minimum Gasteiger partial charge on any atom is -0.269 e. The van der Waals surface area contributed by atoms with Crippen molar-refractivity contribution >= 4 is 17.6 Å². The summed E-state index contributed by atoms with van der Waals surface area (Å²) in [5, 5.41) is 0. The van der Waals surface area contributed by atoms with Crippen LogP contribution in [-0.4, -0.2) is 11.9 Å². The summed E-state index contributed by atoms with van der Waals surface area (Å²) < 4.78 is 0. The second-order valence-electron chi connectivity index (χ2n) is 5.17. The predicted molar refractivity (Wildman–Crippen MR) is 74.8 cm³/mol. The smallest absolute Gasteiger partial charge is 0.0675 e. The van der Waals surface area contributed by atoms with Crippen LogP contribution in [-0.2, 0) is 5.41 Å². The van der Waals surface area contributed by atoms with Gasteiger partial charge in [-0.15, -0.1) is 0 Å². The van der Waals surface area contributed by atoms with Crippen LogP contribution in [0.5, 0.6) is 0 Å². The third-order valence-electron chi connectivity index (χ3n) is 4.23. The van der Waals surface area contributed by atoms with Crippen LogP contribution in [0.3, 0.4) is 0 Å². The summed E-state index contributed by atoms with van der Waals surface area (Å²) in [7, 11) is 0. The lowest BCUT2D eigenvalue weighted by molar-refractivity contribution is 0.552. The molecular formula is C16H14N2. The molecular weight excluding hydrogens is 220 g/mol. The van der Waals surface area contributed by atoms with Crippen LogP contribution in [0.4, 0.5) is 5.69 Å². The van der Waals surface area contributed by atoms with Gasteiger partial charge in [0.05, 0.1) is 11.4 Å². The predicted octanol–water partition coefficient (Wildman–Crippen LogP) is 3.72. The highest BCUT2D eigenvalue weighted by molar-refractivity contribution is 6.11. The van der Waals surface area contributed by atoms with Crippen molar-refractivity contribution in [1.82, 2.24) is 0 Å². The van der Waals surface area contributed by atoms with Crippen LogP contribution in [0.25, 0.3) is 0 Å². The molecule has 1 aliphatic carbocycles. The van der Waals surface area contributed by atoms with Crippen LogP contribution in [0.15, 0.2) is 58.2 Å². The van der Waals surface area contributed by atoms with Gasteiger partial charge in [0.25, 0.3) is 0 Å². The van der Waals surface area contributed by atoms with E-state index in [1.807, 2.05) is 12.4 Å². The molecule has 4 aliphatic rings. The molecule has 1 spiro atoms. The number of aliphatic imine (C=N–C) groups is 2. The van der Waals surface area contributed by atoms with Gasteiger partial charge in [0.2, 0.25) is 0 Å². The monoisotopic (exact) mass is 234 g/mol. The Bertz CT molecular complexity index is 634. The minimum atomic E-state index is 0.0790. The molecule has 3 aliphatic heterocycles. The summed E-state index contributed by atoms with van der Waals surface area (Å²) in [5.41, 5.74) is 5.17. The summed E-state index contributed by atoms with van der Waals surface area (Å²) in [6, 6.07) is 8.53. The van der Waals surface area contributed by atoms with Crippen LogP contribution >= 0.6 is 0 Å². The number of allylic oxidation sites excluding steroid dienone is 3. The summed E-state index contributed by atoms with van der Waals surface area (Å²) in [5.74, 6) is 0. The van der Waals surface area contributed by atoms with E-state index >= 15 is 0 Å². The average Bonchev–Trinajstić information content (AvgIpc) is 2.78. The van der Waals surface area contributed by atoms with Gasteiger partial charge in [-0.1, -0.05) is 18.2 Å². The van der Waals surface area contributed by atoms with E-state index in [2.05, 4.69) is 41.4 Å². The summed E-state index contributed by atoms with van der Waals surface area (Å²) in [6.45, 7) is 0. The third-order valence-corrected chi connectivity index (χ3v) is 4.23. The van der Waals surface area contributed by atoms with Gasteiger partial charge in [-0.25, -0.2) is 0 Å². The van der Waals surface area contributed by atoms with Crippen LogP contribution in [0.1, 0.15) is 24.8 Å². The quantitative estimate of drug-likeness (QED) is 0.653. The van der Waals surface area contributed by atoms with Gasteiger partial charge < -0.3 is 0 Å². The fourth-order valence-corrected chi connectivity index (χ4v) is 3.25. The van der Waals surface area contributed by atoms with Gasteiger partial charge in [-0.05, 0) is 48.6 Å². The van der Waals surface area contributed by atoms with Crippen molar-refractivity contribution in [3.63, 3.8) is 0 Å². The maximum atomic E-state index is 4.84. The molecule has 2 nitrogen and oxygen atoms in total. The molecule has 0 radical (unpaired) electrons. The van der Waals surface area contributed by atoms with Crippen molar-refractivity contribution in [2.24, 2.45) is 9.98 Å². The van der Waals surface area contributed by atoms with E-state index in [1.165, 1.54) is 16.8 Å². The first kappa shape index (κ1) is 10.0. The van der Waals surface area contributed by atoms with Crippen molar-refractivity contribution in [3.05, 3.63) is 53.8 Å². The lowest BCUT2D eigenvalue weighted by Gasteiger charge is -2.33. The van der Waals surface area contributed by atoms with Gasteiger partial charge in [0, 0.05) is 17.8 Å². The Labute approximate surface area is 106 Å². The second kappa shape index (κ2) is 3.52. The molecule has 0 saturated carbocycles. The van der Waals surface area contributed by atoms with E-state index in [9.17, 15) is 0 Å². The molecule has 0 N–H and O–H groups in total. The summed E-state index contributed by atoms with van der Waals surface area (Å²) in [4.78, 5) is 9.19. The van der Waals surface area contributed by atoms with Gasteiger partial charge >= 0.3 is 0 Å². The number of rotatable bonds is 0. The van der Waals surface area contributed by atoms with Crippen LogP contribution in [0.2, 0.25) is 0 Å². The second-order valence-corrected chi connectivity index (χ2v) is 5.17. The molecule has 1 atom stereocenters. The number of para-hydroxylation sites is 1. The molecule has 5 rings (SSSR count). The number of nitrogens with zero attached hydrogens (tertiary/aromatic N) is 2. The molecule has 1 aromatic carbocycles. The van der Waals surface area contributed by atoms with E-state index < -0.39 is 0 Å². The standard InChI is InChI=1S/C16H14N2/c1-2-4-14-13(3-1)16-7-5-12(11-15(16)18-14)6-9-17-10-8-16/h1-4,6,9-11H,5,7-8H2. The number of fused-ring (bicyclic) bond motifs is 4. The molecule has 1 aromatic rings. The zero-order valence-electron chi connectivity index (χ0n) is 10.1. The Morgan fingerprint density at radius 3 is 3.11 bits per heavy atom. The highest BCUT2D eigenvalue weighted by Crippen LogP contribution is 2.48. The SMILES string of the molecule is C1=CC2=CC3=Nc4ccccc4C3(CC=N1)CC2. The minimum absolute atomic E-state index is 0.0790. The van der Waals surface area contributed by atoms with Crippen LogP contribution < -0.4 is 0 Å². The number of hydrogen-bond acceptors (Lipinski definition) is 2. The first-order valence-electron chi connectivity index (χ1n) is 6.46. The molecule has 2 bridgehead atoms. The van der Waals surface area contributed by atoms with Crippen LogP contribution in [0, 0.1) is 0 Å². The van der Waals surface area contributed by atoms with Gasteiger partial charge in [-0.2, -0.15) is 0 Å². The van der Waals surface area contributed by atoms with Gasteiger partial charge in [0.1, 0.15) is 0 Å². The molecule has 0 fully saturated rings. The van der Waals surface area contributed by atoms with Crippen molar-refractivity contribution in [1.29, 1.82) is 0 Å². The highest BCUT2D eigenvalue weighted by Gasteiger charge is 2.43. The Morgan fingerprint density at radius 1 is 1.17 bits per heavy atom. The maximum Gasteiger partial charge on any atom is 0.0675 e. The molecule has 1 unspecified atom stereocenters. The maximum absolute atomic E-state index is 4.84. The average molecular weight is 234 g/mol. The normalized spacial score (nSPS) is 27.8. The summed E-state index contributed by atoms with van der Waals surface area (Å²) in [6.07, 6.45) is 11.5. The molecule has 0 aromatic heterocycles. The van der Waals surface area contributed by atoms with Crippen molar-refractivity contribution in [2.45, 2.75) is 24.7 Å². The Hall–Kier alpha value is -1.96. The highest BCUT2D eigenvalue weighted by atomic mass is 14.8. The topological polar surface area (TPSA) is 24.7 Å². The van der Waals surface area contributed by atoms with E-state index in [-0.39, 0.29) is 5.41 Å². The molecule has 3 heterocycles. The Morgan fingerprint density at radius 2 is 2.11 bits per heavy atom. The van der Waals surface area contributed by atoms with Gasteiger partial charge in [-0.3, -0.25) is 9.98 Å². The van der Waals surface area contributed by atoms with Crippen molar-refractivity contribution < 1.29 is 0 Å². The first-order valence-corrected chi connectivity index (χ1v) is 6.46. The fraction of sp³-hybridized carbons (Fsp3) is 0.250.